The Balaban J connectivity index is 1.30. The molecule has 2 fully saturated rings. The van der Waals surface area contributed by atoms with Crippen molar-refractivity contribution in [1.82, 2.24) is 0 Å². The molecule has 2 aliphatic rings. The predicted octanol–water partition coefficient (Wildman–Crippen LogP) is 1.08. The third kappa shape index (κ3) is 7.37. The fraction of sp³-hybridized carbons (Fsp3) is 0.708. The molecule has 6 unspecified atom stereocenters. The first-order valence-electron chi connectivity index (χ1n) is 11.8. The van der Waals surface area contributed by atoms with E-state index < -0.39 is 36.3 Å². The number of esters is 1. The Morgan fingerprint density at radius 1 is 1.15 bits per heavy atom. The molecule has 6 atom stereocenters. The van der Waals surface area contributed by atoms with Gasteiger partial charge in [0.25, 0.3) is 0 Å². The van der Waals surface area contributed by atoms with Gasteiger partial charge in [-0.3, -0.25) is 0 Å². The number of aliphatic hydroxyl groups excluding tert-OH is 4. The minimum atomic E-state index is -1.25. The zero-order valence-corrected chi connectivity index (χ0v) is 19.1. The summed E-state index contributed by atoms with van der Waals surface area (Å²) in [5.74, 6) is 0.475. The number of aliphatic hydroxyl groups is 4. The molecular formula is C24H36O9. The summed E-state index contributed by atoms with van der Waals surface area (Å²) in [5.41, 5.74) is 0.126. The lowest BCUT2D eigenvalue weighted by molar-refractivity contribution is -0.253. The second-order valence-electron chi connectivity index (χ2n) is 8.78. The molecule has 0 spiro atoms. The summed E-state index contributed by atoms with van der Waals surface area (Å²) in [6.45, 7) is 3.20. The molecule has 4 N–H and O–H groups in total. The van der Waals surface area contributed by atoms with Crippen LogP contribution in [0, 0.1) is 0 Å². The Kier molecular flexibility index (Phi) is 9.48. The summed E-state index contributed by atoms with van der Waals surface area (Å²) in [5, 5.41) is 39.8. The highest BCUT2D eigenvalue weighted by atomic mass is 16.6. The predicted molar refractivity (Wildman–Crippen MR) is 118 cm³/mol. The topological polar surface area (TPSA) is 138 Å². The van der Waals surface area contributed by atoms with Gasteiger partial charge in [0, 0.05) is 12.8 Å². The van der Waals surface area contributed by atoms with E-state index in [1.54, 1.807) is 6.92 Å². The van der Waals surface area contributed by atoms with Crippen LogP contribution in [0.3, 0.4) is 0 Å². The van der Waals surface area contributed by atoms with Crippen molar-refractivity contribution in [2.45, 2.75) is 88.2 Å². The minimum absolute atomic E-state index is 0.0841. The highest BCUT2D eigenvalue weighted by Gasteiger charge is 2.52. The summed E-state index contributed by atoms with van der Waals surface area (Å²) in [4.78, 5) is 11.8. The summed E-state index contributed by atoms with van der Waals surface area (Å²) in [6.07, 6.45) is -1.12. The first-order chi connectivity index (χ1) is 15.8. The second kappa shape index (κ2) is 12.1. The van der Waals surface area contributed by atoms with Crippen LogP contribution >= 0.6 is 0 Å². The van der Waals surface area contributed by atoms with E-state index in [0.717, 1.165) is 37.0 Å². The van der Waals surface area contributed by atoms with Gasteiger partial charge >= 0.3 is 5.97 Å². The first kappa shape index (κ1) is 25.9. The number of carbonyl (C=O) groups is 1. The van der Waals surface area contributed by atoms with Crippen LogP contribution in [0.5, 0.6) is 5.75 Å². The van der Waals surface area contributed by atoms with Gasteiger partial charge in [-0.2, -0.15) is 0 Å². The Morgan fingerprint density at radius 2 is 1.85 bits per heavy atom. The molecule has 0 bridgehead atoms. The van der Waals surface area contributed by atoms with E-state index in [4.69, 9.17) is 18.9 Å². The summed E-state index contributed by atoms with van der Waals surface area (Å²) < 4.78 is 21.3. The largest absolute Gasteiger partial charge is 0.494 e. The van der Waals surface area contributed by atoms with Crippen LogP contribution in [0.4, 0.5) is 0 Å². The zero-order valence-electron chi connectivity index (χ0n) is 19.1. The van der Waals surface area contributed by atoms with Gasteiger partial charge in [-0.25, -0.2) is 4.79 Å². The summed E-state index contributed by atoms with van der Waals surface area (Å²) in [7, 11) is 0. The molecule has 9 nitrogen and oxygen atoms in total. The van der Waals surface area contributed by atoms with Crippen molar-refractivity contribution in [2.75, 3.05) is 19.8 Å². The van der Waals surface area contributed by atoms with Crippen molar-refractivity contribution in [3.8, 4) is 5.75 Å². The van der Waals surface area contributed by atoms with E-state index in [1.807, 2.05) is 24.3 Å². The average Bonchev–Trinajstić information content (AvgIpc) is 3.58. The van der Waals surface area contributed by atoms with E-state index in [9.17, 15) is 25.2 Å². The Morgan fingerprint density at radius 3 is 2.52 bits per heavy atom. The summed E-state index contributed by atoms with van der Waals surface area (Å²) in [6, 6.07) is 7.28. The molecule has 0 aromatic heterocycles. The SMILES string of the molecule is CCOC(=O)C1(CCCCCCOc2ccc(CC(O)C3OC(O)CC(O)C3O)cc2)CO1. The third-order valence-corrected chi connectivity index (χ3v) is 6.12. The van der Waals surface area contributed by atoms with Gasteiger partial charge in [-0.15, -0.1) is 0 Å². The number of unbranched alkanes of at least 4 members (excludes halogenated alkanes) is 3. The molecule has 2 heterocycles. The molecule has 1 aromatic carbocycles. The van der Waals surface area contributed by atoms with Gasteiger partial charge in [0.2, 0.25) is 0 Å². The lowest BCUT2D eigenvalue weighted by atomic mass is 9.94. The van der Waals surface area contributed by atoms with Crippen LogP contribution in [0.1, 0.15) is 51.0 Å². The van der Waals surface area contributed by atoms with Crippen molar-refractivity contribution in [3.63, 3.8) is 0 Å². The minimum Gasteiger partial charge on any atom is -0.494 e. The number of rotatable bonds is 13. The van der Waals surface area contributed by atoms with Crippen LogP contribution in [0.15, 0.2) is 24.3 Å². The molecule has 0 aliphatic carbocycles. The van der Waals surface area contributed by atoms with Crippen molar-refractivity contribution >= 4 is 5.97 Å². The molecule has 2 aliphatic heterocycles. The maximum atomic E-state index is 11.8. The maximum absolute atomic E-state index is 11.8. The maximum Gasteiger partial charge on any atom is 0.340 e. The van der Waals surface area contributed by atoms with Gasteiger partial charge in [0.15, 0.2) is 11.9 Å². The second-order valence-corrected chi connectivity index (χ2v) is 8.78. The monoisotopic (exact) mass is 468 g/mol. The lowest BCUT2D eigenvalue weighted by Crippen LogP contribution is -2.53. The smallest absolute Gasteiger partial charge is 0.340 e. The van der Waals surface area contributed by atoms with Gasteiger partial charge in [-0.1, -0.05) is 25.0 Å². The quantitative estimate of drug-likeness (QED) is 0.190. The van der Waals surface area contributed by atoms with Crippen LogP contribution < -0.4 is 4.74 Å². The molecule has 9 heteroatoms. The fourth-order valence-corrected chi connectivity index (χ4v) is 4.05. The molecule has 0 amide bonds. The van der Waals surface area contributed by atoms with E-state index >= 15 is 0 Å². The van der Waals surface area contributed by atoms with E-state index in [2.05, 4.69) is 0 Å². The van der Waals surface area contributed by atoms with E-state index in [1.165, 1.54) is 0 Å². The number of epoxide rings is 1. The molecule has 3 rings (SSSR count). The van der Waals surface area contributed by atoms with Gasteiger partial charge in [0.05, 0.1) is 32.0 Å². The average molecular weight is 469 g/mol. The van der Waals surface area contributed by atoms with Crippen molar-refractivity contribution < 1.29 is 44.2 Å². The Hall–Kier alpha value is -1.75. The highest BCUT2D eigenvalue weighted by Crippen LogP contribution is 2.34. The fourth-order valence-electron chi connectivity index (χ4n) is 4.05. The number of benzene rings is 1. The normalized spacial score (nSPS) is 30.0. The Bertz CT molecular complexity index is 734. The third-order valence-electron chi connectivity index (χ3n) is 6.12. The summed E-state index contributed by atoms with van der Waals surface area (Å²) >= 11 is 0. The van der Waals surface area contributed by atoms with Gasteiger partial charge < -0.3 is 39.4 Å². The van der Waals surface area contributed by atoms with Gasteiger partial charge in [-0.05, 0) is 43.9 Å². The molecular weight excluding hydrogens is 432 g/mol. The zero-order chi connectivity index (χ0) is 23.8. The van der Waals surface area contributed by atoms with Crippen molar-refractivity contribution in [3.05, 3.63) is 29.8 Å². The number of hydrogen-bond donors (Lipinski definition) is 4. The van der Waals surface area contributed by atoms with Crippen LogP contribution in [0.2, 0.25) is 0 Å². The Labute approximate surface area is 194 Å². The number of carbonyl (C=O) groups excluding carboxylic acids is 1. The lowest BCUT2D eigenvalue weighted by Gasteiger charge is -2.37. The van der Waals surface area contributed by atoms with E-state index in [-0.39, 0.29) is 18.8 Å². The molecule has 33 heavy (non-hydrogen) atoms. The molecule has 2 saturated heterocycles. The van der Waals surface area contributed by atoms with Gasteiger partial charge in [0.1, 0.15) is 18.0 Å². The van der Waals surface area contributed by atoms with Crippen LogP contribution in [0.25, 0.3) is 0 Å². The molecule has 0 saturated carbocycles. The molecule has 1 aromatic rings. The van der Waals surface area contributed by atoms with Crippen LogP contribution in [-0.4, -0.2) is 82.5 Å². The standard InChI is InChI=1S/C24H36O9/c1-2-30-23(29)24(15-32-24)11-5-3-4-6-12-31-17-9-7-16(8-10-17)13-19(26)22-21(28)18(25)14-20(27)33-22/h7-10,18-22,25-28H,2-6,11-15H2,1H3. The number of ether oxygens (including phenoxy) is 4. The van der Waals surface area contributed by atoms with Crippen molar-refractivity contribution in [1.29, 1.82) is 0 Å². The van der Waals surface area contributed by atoms with Crippen LogP contribution in [-0.2, 0) is 25.4 Å². The van der Waals surface area contributed by atoms with Crippen molar-refractivity contribution in [2.24, 2.45) is 0 Å². The molecule has 0 radical (unpaired) electrons. The molecule has 186 valence electrons. The number of hydrogen-bond acceptors (Lipinski definition) is 9. The first-order valence-corrected chi connectivity index (χ1v) is 11.8. The highest BCUT2D eigenvalue weighted by molar-refractivity contribution is 5.82. The van der Waals surface area contributed by atoms with E-state index in [0.29, 0.717) is 26.2 Å².